The Hall–Kier alpha value is -3.38. The molecule has 1 unspecified atom stereocenters. The first-order valence-electron chi connectivity index (χ1n) is 10.5. The molecule has 1 atom stereocenters. The maximum atomic E-state index is 13.5. The maximum Gasteiger partial charge on any atom is 0.284 e. The van der Waals surface area contributed by atoms with Crippen molar-refractivity contribution in [2.24, 2.45) is 12.0 Å². The van der Waals surface area contributed by atoms with E-state index in [1.807, 2.05) is 38.1 Å². The average Bonchev–Trinajstić information content (AvgIpc) is 3.39. The van der Waals surface area contributed by atoms with Gasteiger partial charge in [-0.1, -0.05) is 23.9 Å². The van der Waals surface area contributed by atoms with Crippen molar-refractivity contribution in [3.8, 4) is 5.75 Å². The third-order valence-corrected chi connectivity index (χ3v) is 7.29. The predicted molar refractivity (Wildman–Crippen MR) is 131 cm³/mol. The van der Waals surface area contributed by atoms with E-state index in [4.69, 9.17) is 9.73 Å². The number of nitro benzene ring substituents is 1. The van der Waals surface area contributed by atoms with Gasteiger partial charge in [0.1, 0.15) is 17.8 Å². The van der Waals surface area contributed by atoms with E-state index < -0.39 is 4.92 Å². The summed E-state index contributed by atoms with van der Waals surface area (Å²) in [6.07, 6.45) is 1.52. The number of aromatic nitrogens is 3. The molecule has 0 bridgehead atoms. The second-order valence-corrected chi connectivity index (χ2v) is 9.39. The van der Waals surface area contributed by atoms with Crippen molar-refractivity contribution in [3.63, 3.8) is 0 Å². The number of aryl methyl sites for hydroxylation is 1. The molecule has 2 heterocycles. The first-order chi connectivity index (χ1) is 16.4. The summed E-state index contributed by atoms with van der Waals surface area (Å²) in [7, 11) is 1.75. The molecule has 3 aromatic rings. The van der Waals surface area contributed by atoms with E-state index in [9.17, 15) is 14.9 Å². The van der Waals surface area contributed by atoms with Crippen molar-refractivity contribution in [1.82, 2.24) is 19.7 Å². The first-order valence-corrected chi connectivity index (χ1v) is 12.3. The van der Waals surface area contributed by atoms with E-state index >= 15 is 0 Å². The van der Waals surface area contributed by atoms with E-state index in [1.165, 1.54) is 24.2 Å². The monoisotopic (exact) mass is 498 g/mol. The molecule has 34 heavy (non-hydrogen) atoms. The van der Waals surface area contributed by atoms with Gasteiger partial charge in [-0.2, -0.15) is 0 Å². The van der Waals surface area contributed by atoms with Crippen LogP contribution >= 0.6 is 23.5 Å². The topological polar surface area (TPSA) is 116 Å². The summed E-state index contributed by atoms with van der Waals surface area (Å²) in [6.45, 7) is 4.32. The van der Waals surface area contributed by atoms with Gasteiger partial charge in [0.05, 0.1) is 16.4 Å². The Morgan fingerprint density at radius 1 is 1.35 bits per heavy atom. The number of carbonyl (C=O) groups is 1. The lowest BCUT2D eigenvalue weighted by molar-refractivity contribution is -0.387. The lowest BCUT2D eigenvalue weighted by atomic mass is 10.1. The standard InChI is InChI=1S/C22H22N6O4S2/c1-4-32-18-8-6-5-7-16(18)24-21-27(14(2)12-33-21)20(29)15-9-10-19(17(11-15)28(30)31)34-22-25-23-13-26(22)3/h5-11,13-14H,4,12H2,1-3H3. The van der Waals surface area contributed by atoms with Crippen LogP contribution in [0, 0.1) is 10.1 Å². The van der Waals surface area contributed by atoms with E-state index in [0.29, 0.717) is 39.0 Å². The number of aliphatic imine (C=N–C) groups is 1. The smallest absolute Gasteiger partial charge is 0.284 e. The SMILES string of the molecule is CCOc1ccccc1N=C1SCC(C)N1C(=O)c1ccc(Sc2nncn2C)c([N+](=O)[O-])c1. The number of hydrogen-bond acceptors (Lipinski definition) is 9. The number of nitrogens with zero attached hydrogens (tertiary/aromatic N) is 6. The van der Waals surface area contributed by atoms with Gasteiger partial charge in [0.15, 0.2) is 10.3 Å². The van der Waals surface area contributed by atoms with Gasteiger partial charge >= 0.3 is 0 Å². The van der Waals surface area contributed by atoms with Gasteiger partial charge in [-0.15, -0.1) is 10.2 Å². The van der Waals surface area contributed by atoms with Crippen molar-refractivity contribution in [1.29, 1.82) is 0 Å². The van der Waals surface area contributed by atoms with Gasteiger partial charge in [0.2, 0.25) is 0 Å². The number of carbonyl (C=O) groups excluding carboxylic acids is 1. The molecule has 10 nitrogen and oxygen atoms in total. The molecule has 1 aliphatic rings. The van der Waals surface area contributed by atoms with Crippen LogP contribution in [0.3, 0.4) is 0 Å². The van der Waals surface area contributed by atoms with Crippen molar-refractivity contribution in [2.45, 2.75) is 29.9 Å². The van der Waals surface area contributed by atoms with Crippen LogP contribution in [0.2, 0.25) is 0 Å². The summed E-state index contributed by atoms with van der Waals surface area (Å²) < 4.78 is 7.32. The molecule has 1 aliphatic heterocycles. The number of thioether (sulfide) groups is 1. The zero-order chi connectivity index (χ0) is 24.2. The molecule has 0 radical (unpaired) electrons. The number of para-hydroxylation sites is 2. The summed E-state index contributed by atoms with van der Waals surface area (Å²) in [4.78, 5) is 31.4. The number of rotatable bonds is 7. The molecule has 1 amide bonds. The number of benzene rings is 2. The van der Waals surface area contributed by atoms with Gasteiger partial charge in [-0.25, -0.2) is 4.99 Å². The average molecular weight is 499 g/mol. The first kappa shape index (κ1) is 23.8. The Labute approximate surface area is 204 Å². The highest BCUT2D eigenvalue weighted by Gasteiger charge is 2.34. The number of nitro groups is 1. The third kappa shape index (κ3) is 4.92. The summed E-state index contributed by atoms with van der Waals surface area (Å²) in [5.74, 6) is 0.957. The predicted octanol–water partition coefficient (Wildman–Crippen LogP) is 4.54. The van der Waals surface area contributed by atoms with Crippen LogP contribution < -0.4 is 4.74 Å². The van der Waals surface area contributed by atoms with Gasteiger partial charge in [-0.05, 0) is 49.9 Å². The lowest BCUT2D eigenvalue weighted by Crippen LogP contribution is -2.37. The van der Waals surface area contributed by atoms with E-state index in [-0.39, 0.29) is 23.2 Å². The second kappa shape index (κ2) is 10.3. The highest BCUT2D eigenvalue weighted by molar-refractivity contribution is 8.14. The Morgan fingerprint density at radius 2 is 2.15 bits per heavy atom. The molecular formula is C22H22N6O4S2. The van der Waals surface area contributed by atoms with E-state index in [0.717, 1.165) is 11.8 Å². The van der Waals surface area contributed by atoms with Crippen molar-refractivity contribution in [2.75, 3.05) is 12.4 Å². The molecule has 1 fully saturated rings. The van der Waals surface area contributed by atoms with Crippen LogP contribution in [-0.4, -0.2) is 54.1 Å². The fourth-order valence-electron chi connectivity index (χ4n) is 3.31. The van der Waals surface area contributed by atoms with Crippen LogP contribution in [0.25, 0.3) is 0 Å². The normalized spacial score (nSPS) is 16.7. The fourth-order valence-corrected chi connectivity index (χ4v) is 5.27. The highest BCUT2D eigenvalue weighted by atomic mass is 32.2. The van der Waals surface area contributed by atoms with Gasteiger partial charge in [0, 0.05) is 30.5 Å². The molecule has 0 N–H and O–H groups in total. The van der Waals surface area contributed by atoms with Crippen LogP contribution in [0.5, 0.6) is 5.75 Å². The summed E-state index contributed by atoms with van der Waals surface area (Å²) in [5, 5.41) is 20.6. The minimum atomic E-state index is -0.495. The van der Waals surface area contributed by atoms with Crippen LogP contribution in [-0.2, 0) is 7.05 Å². The van der Waals surface area contributed by atoms with E-state index in [1.54, 1.807) is 28.6 Å². The minimum absolute atomic E-state index is 0.123. The minimum Gasteiger partial charge on any atom is -0.492 e. The number of ether oxygens (including phenoxy) is 1. The molecule has 1 saturated heterocycles. The molecule has 1 aromatic heterocycles. The second-order valence-electron chi connectivity index (χ2n) is 7.40. The lowest BCUT2D eigenvalue weighted by Gasteiger charge is -2.21. The Bertz CT molecular complexity index is 1260. The molecule has 0 spiro atoms. The Balaban J connectivity index is 1.66. The molecule has 176 valence electrons. The summed E-state index contributed by atoms with van der Waals surface area (Å²) in [6, 6.07) is 11.7. The summed E-state index contributed by atoms with van der Waals surface area (Å²) >= 11 is 2.58. The highest BCUT2D eigenvalue weighted by Crippen LogP contribution is 2.36. The van der Waals surface area contributed by atoms with Gasteiger partial charge in [0.25, 0.3) is 11.6 Å². The molecule has 2 aromatic carbocycles. The zero-order valence-electron chi connectivity index (χ0n) is 18.7. The quantitative estimate of drug-likeness (QED) is 0.344. The largest absolute Gasteiger partial charge is 0.492 e. The zero-order valence-corrected chi connectivity index (χ0v) is 20.4. The number of hydrogen-bond donors (Lipinski definition) is 0. The molecule has 4 rings (SSSR count). The molecular weight excluding hydrogens is 476 g/mol. The maximum absolute atomic E-state index is 13.5. The van der Waals surface area contributed by atoms with Gasteiger partial charge in [-0.3, -0.25) is 19.8 Å². The number of amidine groups is 1. The van der Waals surface area contributed by atoms with Crippen LogP contribution in [0.15, 0.2) is 63.8 Å². The van der Waals surface area contributed by atoms with Crippen molar-refractivity contribution >= 4 is 46.0 Å². The van der Waals surface area contributed by atoms with Crippen molar-refractivity contribution in [3.05, 3.63) is 64.5 Å². The van der Waals surface area contributed by atoms with Crippen molar-refractivity contribution < 1.29 is 14.5 Å². The van der Waals surface area contributed by atoms with Crippen LogP contribution in [0.4, 0.5) is 11.4 Å². The third-order valence-electron chi connectivity index (χ3n) is 4.97. The van der Waals surface area contributed by atoms with E-state index in [2.05, 4.69) is 10.2 Å². The Kier molecular flexibility index (Phi) is 7.17. The Morgan fingerprint density at radius 3 is 2.85 bits per heavy atom. The summed E-state index contributed by atoms with van der Waals surface area (Å²) in [5.41, 5.74) is 0.674. The molecule has 0 aliphatic carbocycles. The van der Waals surface area contributed by atoms with Crippen LogP contribution in [0.1, 0.15) is 24.2 Å². The van der Waals surface area contributed by atoms with Gasteiger partial charge < -0.3 is 9.30 Å². The molecule has 0 saturated carbocycles. The fraction of sp³-hybridized carbons (Fsp3) is 0.273. The molecule has 12 heteroatoms. The number of amides is 1.